The highest BCUT2D eigenvalue weighted by Crippen LogP contribution is 2.21. The van der Waals surface area contributed by atoms with Crippen molar-refractivity contribution >= 4 is 11.0 Å². The number of fused-ring (bicyclic) bond motifs is 1. The maximum Gasteiger partial charge on any atom is 0.138 e. The van der Waals surface area contributed by atoms with Crippen molar-refractivity contribution in [3.8, 4) is 5.82 Å². The van der Waals surface area contributed by atoms with Gasteiger partial charge in [0.15, 0.2) is 0 Å². The first kappa shape index (κ1) is 12.5. The average molecular weight is 278 g/mol. The number of aryl methyl sites for hydroxylation is 1. The van der Waals surface area contributed by atoms with Crippen LogP contribution in [0.2, 0.25) is 0 Å². The van der Waals surface area contributed by atoms with Crippen molar-refractivity contribution in [2.75, 3.05) is 0 Å². The molecular weight excluding hydrogens is 260 g/mol. The lowest BCUT2D eigenvalue weighted by Crippen LogP contribution is -2.15. The Morgan fingerprint density at radius 3 is 2.95 bits per heavy atom. The Bertz CT molecular complexity index is 786. The molecule has 3 aromatic rings. The monoisotopic (exact) mass is 278 g/mol. The molecule has 1 aliphatic rings. The van der Waals surface area contributed by atoms with Gasteiger partial charge < -0.3 is 5.32 Å². The van der Waals surface area contributed by atoms with Crippen molar-refractivity contribution < 1.29 is 0 Å². The van der Waals surface area contributed by atoms with Gasteiger partial charge in [0.05, 0.1) is 11.0 Å². The minimum absolute atomic E-state index is 0.719. The summed E-state index contributed by atoms with van der Waals surface area (Å²) < 4.78 is 2.06. The topological polar surface area (TPSA) is 42.7 Å². The highest BCUT2D eigenvalue weighted by molar-refractivity contribution is 5.76. The lowest BCUT2D eigenvalue weighted by atomic mass is 10.2. The van der Waals surface area contributed by atoms with Gasteiger partial charge in [-0.05, 0) is 49.6 Å². The summed E-state index contributed by atoms with van der Waals surface area (Å²) in [6, 6.07) is 13.2. The van der Waals surface area contributed by atoms with Crippen molar-refractivity contribution in [1.82, 2.24) is 19.9 Å². The number of para-hydroxylation sites is 2. The van der Waals surface area contributed by atoms with Gasteiger partial charge in [-0.1, -0.05) is 12.1 Å². The summed E-state index contributed by atoms with van der Waals surface area (Å²) in [5, 5.41) is 3.56. The van der Waals surface area contributed by atoms with Gasteiger partial charge >= 0.3 is 0 Å². The van der Waals surface area contributed by atoms with Crippen LogP contribution in [-0.4, -0.2) is 20.6 Å². The number of nitrogens with zero attached hydrogens (tertiary/aromatic N) is 3. The third kappa shape index (κ3) is 2.54. The summed E-state index contributed by atoms with van der Waals surface area (Å²) in [7, 11) is 0. The molecule has 2 heterocycles. The smallest absolute Gasteiger partial charge is 0.138 e. The van der Waals surface area contributed by atoms with Crippen LogP contribution >= 0.6 is 0 Å². The van der Waals surface area contributed by atoms with E-state index in [0.29, 0.717) is 0 Å². The molecule has 1 fully saturated rings. The van der Waals surface area contributed by atoms with E-state index in [1.165, 1.54) is 18.4 Å². The van der Waals surface area contributed by atoms with Gasteiger partial charge in [0.2, 0.25) is 0 Å². The second-order valence-electron chi connectivity index (χ2n) is 5.73. The minimum atomic E-state index is 0.719. The maximum absolute atomic E-state index is 4.66. The Kier molecular flexibility index (Phi) is 2.97. The summed E-state index contributed by atoms with van der Waals surface area (Å²) in [5.41, 5.74) is 4.41. The molecule has 0 aliphatic heterocycles. The Hall–Kier alpha value is -2.20. The molecule has 2 aromatic heterocycles. The lowest BCUT2D eigenvalue weighted by Gasteiger charge is -2.09. The van der Waals surface area contributed by atoms with Crippen LogP contribution in [0.5, 0.6) is 0 Å². The molecule has 0 unspecified atom stereocenters. The molecule has 1 saturated carbocycles. The summed E-state index contributed by atoms with van der Waals surface area (Å²) >= 11 is 0. The van der Waals surface area contributed by atoms with E-state index in [1.807, 2.05) is 31.5 Å². The largest absolute Gasteiger partial charge is 0.310 e. The Balaban J connectivity index is 1.72. The van der Waals surface area contributed by atoms with Crippen LogP contribution in [0.3, 0.4) is 0 Å². The number of hydrogen-bond acceptors (Lipinski definition) is 3. The average Bonchev–Trinajstić information content (AvgIpc) is 3.22. The van der Waals surface area contributed by atoms with Gasteiger partial charge in [-0.3, -0.25) is 4.57 Å². The van der Waals surface area contributed by atoms with E-state index in [0.717, 1.165) is 35.1 Å². The number of pyridine rings is 1. The van der Waals surface area contributed by atoms with Crippen LogP contribution < -0.4 is 5.32 Å². The van der Waals surface area contributed by atoms with Gasteiger partial charge in [0, 0.05) is 18.3 Å². The van der Waals surface area contributed by atoms with Crippen LogP contribution in [0.1, 0.15) is 24.1 Å². The van der Waals surface area contributed by atoms with E-state index in [9.17, 15) is 0 Å². The Morgan fingerprint density at radius 1 is 1.24 bits per heavy atom. The molecule has 0 amide bonds. The van der Waals surface area contributed by atoms with Crippen LogP contribution in [0.4, 0.5) is 0 Å². The van der Waals surface area contributed by atoms with Crippen molar-refractivity contribution in [2.24, 2.45) is 0 Å². The summed E-state index contributed by atoms with van der Waals surface area (Å²) in [5.74, 6) is 0.941. The normalized spacial score (nSPS) is 14.7. The molecule has 1 N–H and O–H groups in total. The van der Waals surface area contributed by atoms with E-state index >= 15 is 0 Å². The molecule has 4 rings (SSSR count). The van der Waals surface area contributed by atoms with Gasteiger partial charge in [0.1, 0.15) is 12.1 Å². The van der Waals surface area contributed by atoms with Crippen molar-refractivity contribution in [3.05, 3.63) is 54.0 Å². The second-order valence-corrected chi connectivity index (χ2v) is 5.73. The second kappa shape index (κ2) is 4.97. The van der Waals surface area contributed by atoms with E-state index in [1.54, 1.807) is 0 Å². The van der Waals surface area contributed by atoms with Crippen LogP contribution in [0.25, 0.3) is 16.9 Å². The molecule has 0 radical (unpaired) electrons. The van der Waals surface area contributed by atoms with Gasteiger partial charge in [-0.15, -0.1) is 0 Å². The third-order valence-electron chi connectivity index (χ3n) is 3.87. The molecule has 0 saturated heterocycles. The number of hydrogen-bond donors (Lipinski definition) is 1. The summed E-state index contributed by atoms with van der Waals surface area (Å²) in [6.45, 7) is 2.96. The van der Waals surface area contributed by atoms with Crippen LogP contribution in [0.15, 0.2) is 42.7 Å². The number of rotatable bonds is 4. The molecule has 4 heteroatoms. The number of aromatic nitrogens is 3. The maximum atomic E-state index is 4.66. The summed E-state index contributed by atoms with van der Waals surface area (Å²) in [6.07, 6.45) is 4.47. The molecular formula is C17H18N4. The molecule has 106 valence electrons. The highest BCUT2D eigenvalue weighted by atomic mass is 15.1. The third-order valence-corrected chi connectivity index (χ3v) is 3.87. The van der Waals surface area contributed by atoms with Gasteiger partial charge in [-0.25, -0.2) is 9.97 Å². The zero-order valence-corrected chi connectivity index (χ0v) is 12.1. The predicted octanol–water partition coefficient (Wildman–Crippen LogP) is 2.98. The molecule has 1 aliphatic carbocycles. The van der Waals surface area contributed by atoms with Crippen molar-refractivity contribution in [3.63, 3.8) is 0 Å². The minimum Gasteiger partial charge on any atom is -0.310 e. The number of imidazole rings is 1. The number of nitrogens with one attached hydrogen (secondary N) is 1. The zero-order chi connectivity index (χ0) is 14.2. The molecule has 0 bridgehead atoms. The van der Waals surface area contributed by atoms with Crippen molar-refractivity contribution in [1.29, 1.82) is 0 Å². The quantitative estimate of drug-likeness (QED) is 0.798. The first-order chi connectivity index (χ1) is 10.3. The number of benzene rings is 1. The lowest BCUT2D eigenvalue weighted by molar-refractivity contribution is 0.686. The fourth-order valence-electron chi connectivity index (χ4n) is 2.64. The standard InChI is InChI=1S/C17H18N4/c1-12-8-13(10-18-14-6-7-14)9-17(20-12)21-11-19-15-4-2-3-5-16(15)21/h2-5,8-9,11,14,18H,6-7,10H2,1H3. The van der Waals surface area contributed by atoms with E-state index in [-0.39, 0.29) is 0 Å². The summed E-state index contributed by atoms with van der Waals surface area (Å²) in [4.78, 5) is 9.11. The SMILES string of the molecule is Cc1cc(CNC2CC2)cc(-n2cnc3ccccc32)n1. The molecule has 4 nitrogen and oxygen atoms in total. The van der Waals surface area contributed by atoms with Crippen LogP contribution in [-0.2, 0) is 6.54 Å². The molecule has 0 atom stereocenters. The first-order valence-electron chi connectivity index (χ1n) is 7.43. The predicted molar refractivity (Wildman–Crippen MR) is 83.5 cm³/mol. The Morgan fingerprint density at radius 2 is 2.10 bits per heavy atom. The van der Waals surface area contributed by atoms with Gasteiger partial charge in [-0.2, -0.15) is 0 Å². The van der Waals surface area contributed by atoms with E-state index in [4.69, 9.17) is 0 Å². The first-order valence-corrected chi connectivity index (χ1v) is 7.43. The molecule has 0 spiro atoms. The van der Waals surface area contributed by atoms with E-state index in [2.05, 4.69) is 38.1 Å². The molecule has 21 heavy (non-hydrogen) atoms. The zero-order valence-electron chi connectivity index (χ0n) is 12.1. The Labute approximate surface area is 123 Å². The highest BCUT2D eigenvalue weighted by Gasteiger charge is 2.20. The van der Waals surface area contributed by atoms with Crippen molar-refractivity contribution in [2.45, 2.75) is 32.4 Å². The van der Waals surface area contributed by atoms with E-state index < -0.39 is 0 Å². The fraction of sp³-hybridized carbons (Fsp3) is 0.294. The van der Waals surface area contributed by atoms with Crippen LogP contribution in [0, 0.1) is 6.92 Å². The molecule has 1 aromatic carbocycles. The van der Waals surface area contributed by atoms with Gasteiger partial charge in [0.25, 0.3) is 0 Å². The fourth-order valence-corrected chi connectivity index (χ4v) is 2.64.